The molecule has 0 radical (unpaired) electrons. The van der Waals surface area contributed by atoms with Crippen LogP contribution in [0.2, 0.25) is 0 Å². The molecule has 0 aliphatic heterocycles. The van der Waals surface area contributed by atoms with E-state index in [2.05, 4.69) is 16.9 Å². The van der Waals surface area contributed by atoms with E-state index in [1.54, 1.807) is 6.20 Å². The lowest BCUT2D eigenvalue weighted by Crippen LogP contribution is -2.00. The van der Waals surface area contributed by atoms with Crippen molar-refractivity contribution in [2.75, 3.05) is 0 Å². The van der Waals surface area contributed by atoms with Crippen LogP contribution in [0, 0.1) is 11.8 Å². The van der Waals surface area contributed by atoms with Gasteiger partial charge < -0.3 is 5.11 Å². The Labute approximate surface area is 77.4 Å². The second-order valence-corrected chi connectivity index (χ2v) is 3.37. The van der Waals surface area contributed by atoms with E-state index < -0.39 is 5.60 Å². The molecule has 0 unspecified atom stereocenters. The number of nitrogens with zero attached hydrogens (tertiary/aromatic N) is 2. The maximum absolute atomic E-state index is 9.45. The summed E-state index contributed by atoms with van der Waals surface area (Å²) in [6, 6.07) is 0. The molecule has 0 saturated heterocycles. The third-order valence-corrected chi connectivity index (χ3v) is 2.12. The molecule has 0 bridgehead atoms. The molecule has 3 heteroatoms. The number of aliphatic hydroxyl groups is 1. The van der Waals surface area contributed by atoms with Crippen LogP contribution >= 0.6 is 0 Å². The first-order valence-corrected chi connectivity index (χ1v) is 4.50. The van der Waals surface area contributed by atoms with Crippen molar-refractivity contribution < 1.29 is 5.11 Å². The lowest BCUT2D eigenvalue weighted by molar-refractivity contribution is 0.212. The predicted molar refractivity (Wildman–Crippen MR) is 49.0 cm³/mol. The average Bonchev–Trinajstić information content (AvgIpc) is 2.69. The van der Waals surface area contributed by atoms with E-state index in [1.807, 2.05) is 17.8 Å². The fourth-order valence-corrected chi connectivity index (χ4v) is 1.03. The Hall–Kier alpha value is -1.27. The quantitative estimate of drug-likeness (QED) is 0.642. The topological polar surface area (TPSA) is 38.0 Å². The Morgan fingerprint density at radius 2 is 2.46 bits per heavy atom. The first-order valence-electron chi connectivity index (χ1n) is 4.50. The van der Waals surface area contributed by atoms with Gasteiger partial charge in [-0.2, -0.15) is 5.10 Å². The summed E-state index contributed by atoms with van der Waals surface area (Å²) in [5, 5.41) is 13.5. The standard InChI is InChI=1S/C10H12N2O/c1-2-12-8-9(7-11-12)3-4-10(13)5-6-10/h7-8,13H,2,5-6H2,1H3. The van der Waals surface area contributed by atoms with E-state index in [-0.39, 0.29) is 0 Å². The average molecular weight is 176 g/mol. The Morgan fingerprint density at radius 1 is 1.69 bits per heavy atom. The zero-order valence-corrected chi connectivity index (χ0v) is 7.62. The van der Waals surface area contributed by atoms with Crippen LogP contribution in [0.4, 0.5) is 0 Å². The van der Waals surface area contributed by atoms with Crippen LogP contribution in [0.3, 0.4) is 0 Å². The Kier molecular flexibility index (Phi) is 1.86. The SMILES string of the molecule is CCn1cc(C#CC2(O)CC2)cn1. The number of aryl methyl sites for hydroxylation is 1. The molecule has 13 heavy (non-hydrogen) atoms. The van der Waals surface area contributed by atoms with Crippen LogP contribution in [-0.4, -0.2) is 20.5 Å². The van der Waals surface area contributed by atoms with Crippen molar-refractivity contribution in [3.63, 3.8) is 0 Å². The van der Waals surface area contributed by atoms with E-state index in [0.29, 0.717) is 0 Å². The van der Waals surface area contributed by atoms with Gasteiger partial charge in [0.05, 0.1) is 11.8 Å². The van der Waals surface area contributed by atoms with E-state index in [4.69, 9.17) is 0 Å². The van der Waals surface area contributed by atoms with Gasteiger partial charge in [-0.25, -0.2) is 0 Å². The Bertz CT molecular complexity index is 366. The number of hydrogen-bond donors (Lipinski definition) is 1. The summed E-state index contributed by atoms with van der Waals surface area (Å²) in [5.41, 5.74) is 0.191. The maximum Gasteiger partial charge on any atom is 0.126 e. The predicted octanol–water partition coefficient (Wildman–Crippen LogP) is 0.779. The smallest absolute Gasteiger partial charge is 0.126 e. The lowest BCUT2D eigenvalue weighted by atomic mass is 10.3. The summed E-state index contributed by atoms with van der Waals surface area (Å²) < 4.78 is 1.82. The molecule has 0 amide bonds. The number of hydrogen-bond acceptors (Lipinski definition) is 2. The van der Waals surface area contributed by atoms with E-state index in [9.17, 15) is 5.11 Å². The van der Waals surface area contributed by atoms with Crippen molar-refractivity contribution in [2.45, 2.75) is 31.9 Å². The van der Waals surface area contributed by atoms with Gasteiger partial charge in [0.2, 0.25) is 0 Å². The maximum atomic E-state index is 9.45. The van der Waals surface area contributed by atoms with Gasteiger partial charge in [0.25, 0.3) is 0 Å². The molecule has 2 rings (SSSR count). The summed E-state index contributed by atoms with van der Waals surface area (Å²) in [6.07, 6.45) is 5.23. The van der Waals surface area contributed by atoms with Gasteiger partial charge in [-0.1, -0.05) is 11.8 Å². The molecule has 1 aromatic heterocycles. The van der Waals surface area contributed by atoms with Gasteiger partial charge in [0.15, 0.2) is 0 Å². The normalized spacial score (nSPS) is 17.7. The molecule has 1 aromatic rings. The minimum atomic E-state index is -0.686. The van der Waals surface area contributed by atoms with Crippen molar-refractivity contribution in [3.8, 4) is 11.8 Å². The van der Waals surface area contributed by atoms with Gasteiger partial charge in [-0.05, 0) is 19.8 Å². The number of aromatic nitrogens is 2. The highest BCUT2D eigenvalue weighted by Crippen LogP contribution is 2.33. The fraction of sp³-hybridized carbons (Fsp3) is 0.500. The monoisotopic (exact) mass is 176 g/mol. The summed E-state index contributed by atoms with van der Waals surface area (Å²) in [7, 11) is 0. The van der Waals surface area contributed by atoms with E-state index in [1.165, 1.54) is 0 Å². The summed E-state index contributed by atoms with van der Waals surface area (Å²) in [6.45, 7) is 2.88. The summed E-state index contributed by atoms with van der Waals surface area (Å²) in [5.74, 6) is 5.76. The molecular weight excluding hydrogens is 164 g/mol. The summed E-state index contributed by atoms with van der Waals surface area (Å²) >= 11 is 0. The van der Waals surface area contributed by atoms with E-state index in [0.717, 1.165) is 24.9 Å². The summed E-state index contributed by atoms with van der Waals surface area (Å²) in [4.78, 5) is 0. The molecule has 1 saturated carbocycles. The van der Waals surface area contributed by atoms with Crippen molar-refractivity contribution in [2.24, 2.45) is 0 Å². The van der Waals surface area contributed by atoms with E-state index >= 15 is 0 Å². The molecule has 68 valence electrons. The Morgan fingerprint density at radius 3 is 3.00 bits per heavy atom. The van der Waals surface area contributed by atoms with Gasteiger partial charge in [0.1, 0.15) is 5.60 Å². The van der Waals surface area contributed by atoms with Crippen molar-refractivity contribution in [1.29, 1.82) is 0 Å². The highest BCUT2D eigenvalue weighted by Gasteiger charge is 2.38. The number of rotatable bonds is 1. The first-order chi connectivity index (χ1) is 6.22. The largest absolute Gasteiger partial charge is 0.378 e. The molecule has 3 nitrogen and oxygen atoms in total. The van der Waals surface area contributed by atoms with Crippen molar-refractivity contribution in [1.82, 2.24) is 9.78 Å². The molecule has 1 aliphatic carbocycles. The van der Waals surface area contributed by atoms with Gasteiger partial charge in [-0.15, -0.1) is 0 Å². The van der Waals surface area contributed by atoms with Crippen LogP contribution in [0.5, 0.6) is 0 Å². The minimum absolute atomic E-state index is 0.686. The highest BCUT2D eigenvalue weighted by atomic mass is 16.3. The van der Waals surface area contributed by atoms with Gasteiger partial charge in [-0.3, -0.25) is 4.68 Å². The van der Waals surface area contributed by atoms with Crippen LogP contribution < -0.4 is 0 Å². The third kappa shape index (κ3) is 1.90. The van der Waals surface area contributed by atoms with Gasteiger partial charge in [0, 0.05) is 12.7 Å². The third-order valence-electron chi connectivity index (χ3n) is 2.12. The molecular formula is C10H12N2O. The highest BCUT2D eigenvalue weighted by molar-refractivity contribution is 5.35. The zero-order chi connectivity index (χ0) is 9.31. The fourth-order valence-electron chi connectivity index (χ4n) is 1.03. The van der Waals surface area contributed by atoms with Crippen molar-refractivity contribution >= 4 is 0 Å². The van der Waals surface area contributed by atoms with Gasteiger partial charge >= 0.3 is 0 Å². The van der Waals surface area contributed by atoms with Crippen LogP contribution in [0.25, 0.3) is 0 Å². The minimum Gasteiger partial charge on any atom is -0.378 e. The molecule has 0 aromatic carbocycles. The molecule has 1 aliphatic rings. The first kappa shape index (κ1) is 8.33. The molecule has 1 fully saturated rings. The second-order valence-electron chi connectivity index (χ2n) is 3.37. The van der Waals surface area contributed by atoms with Crippen molar-refractivity contribution in [3.05, 3.63) is 18.0 Å². The molecule has 1 heterocycles. The second kappa shape index (κ2) is 2.90. The molecule has 0 atom stereocenters. The molecule has 1 N–H and O–H groups in total. The van der Waals surface area contributed by atoms with Crippen LogP contribution in [0.15, 0.2) is 12.4 Å². The Balaban J connectivity index is 2.11. The lowest BCUT2D eigenvalue weighted by Gasteiger charge is -1.91. The van der Waals surface area contributed by atoms with Crippen LogP contribution in [-0.2, 0) is 6.54 Å². The van der Waals surface area contributed by atoms with Crippen LogP contribution in [0.1, 0.15) is 25.3 Å². The zero-order valence-electron chi connectivity index (χ0n) is 7.62. The molecule has 0 spiro atoms.